The van der Waals surface area contributed by atoms with E-state index in [4.69, 9.17) is 4.74 Å². The number of allylic oxidation sites excluding steroid dienone is 1. The SMILES string of the molecule is CCN(CC)c1ccc2cc(/C(C)=C(\C#N)C(=O)[N+](C)(C)COC(C)(C)C)ccc2c1. The normalized spacial score (nSPS) is 13.0. The summed E-state index contributed by atoms with van der Waals surface area (Å²) in [4.78, 5) is 15.5. The number of carbonyl (C=O) groups is 1. The molecule has 0 aliphatic heterocycles. The third-order valence-corrected chi connectivity index (χ3v) is 5.46. The summed E-state index contributed by atoms with van der Waals surface area (Å²) in [5.74, 6) is -0.249. The Morgan fingerprint density at radius 2 is 1.65 bits per heavy atom. The predicted octanol–water partition coefficient (Wildman–Crippen LogP) is 5.36. The van der Waals surface area contributed by atoms with Crippen LogP contribution >= 0.6 is 0 Å². The minimum absolute atomic E-state index is 0.0433. The van der Waals surface area contributed by atoms with Crippen molar-refractivity contribution < 1.29 is 14.0 Å². The molecule has 0 atom stereocenters. The van der Waals surface area contributed by atoms with Gasteiger partial charge >= 0.3 is 5.91 Å². The molecule has 0 spiro atoms. The number of hydrogen-bond acceptors (Lipinski definition) is 4. The number of carbonyl (C=O) groups excluding carboxylic acids is 1. The van der Waals surface area contributed by atoms with Gasteiger partial charge < -0.3 is 9.64 Å². The lowest BCUT2D eigenvalue weighted by Gasteiger charge is -2.30. The molecule has 0 saturated carbocycles. The maximum absolute atomic E-state index is 13.2. The van der Waals surface area contributed by atoms with E-state index >= 15 is 0 Å². The quantitative estimate of drug-likeness (QED) is 0.261. The molecule has 0 saturated heterocycles. The molecule has 1 amide bonds. The van der Waals surface area contributed by atoms with Crippen molar-refractivity contribution in [3.8, 4) is 6.07 Å². The Bertz CT molecular complexity index is 1020. The molecule has 166 valence electrons. The molecule has 0 fully saturated rings. The molecule has 5 heteroatoms. The van der Waals surface area contributed by atoms with E-state index in [1.54, 1.807) is 14.1 Å². The zero-order valence-corrected chi connectivity index (χ0v) is 20.2. The molecule has 0 aromatic heterocycles. The fourth-order valence-electron chi connectivity index (χ4n) is 3.40. The van der Waals surface area contributed by atoms with Crippen molar-refractivity contribution in [2.45, 2.75) is 47.1 Å². The summed E-state index contributed by atoms with van der Waals surface area (Å²) in [6, 6.07) is 14.6. The van der Waals surface area contributed by atoms with E-state index in [2.05, 4.69) is 49.1 Å². The third kappa shape index (κ3) is 5.94. The minimum atomic E-state index is -0.357. The number of benzene rings is 2. The molecule has 0 unspecified atom stereocenters. The lowest BCUT2D eigenvalue weighted by atomic mass is 9.97. The van der Waals surface area contributed by atoms with Crippen LogP contribution < -0.4 is 4.90 Å². The summed E-state index contributed by atoms with van der Waals surface area (Å²) in [6.07, 6.45) is 0. The van der Waals surface area contributed by atoms with E-state index in [-0.39, 0.29) is 28.3 Å². The Kier molecular flexibility index (Phi) is 7.64. The monoisotopic (exact) mass is 422 g/mol. The number of likely N-dealkylation sites (N-methyl/N-ethyl adjacent to an activating group) is 1. The molecule has 2 aromatic carbocycles. The predicted molar refractivity (Wildman–Crippen MR) is 129 cm³/mol. The van der Waals surface area contributed by atoms with Gasteiger partial charge in [-0.1, -0.05) is 18.2 Å². The Morgan fingerprint density at radius 3 is 2.19 bits per heavy atom. The smallest absolute Gasteiger partial charge is 0.358 e. The van der Waals surface area contributed by atoms with Gasteiger partial charge in [0.15, 0.2) is 12.3 Å². The highest BCUT2D eigenvalue weighted by Crippen LogP contribution is 2.28. The van der Waals surface area contributed by atoms with Crippen LogP contribution in [0.15, 0.2) is 42.0 Å². The van der Waals surface area contributed by atoms with E-state index in [0.29, 0.717) is 5.57 Å². The molecule has 2 rings (SSSR count). The van der Waals surface area contributed by atoms with Gasteiger partial charge in [-0.15, -0.1) is 0 Å². The van der Waals surface area contributed by atoms with Crippen LogP contribution in [0.25, 0.3) is 16.3 Å². The first kappa shape index (κ1) is 24.6. The van der Waals surface area contributed by atoms with Crippen molar-refractivity contribution in [3.63, 3.8) is 0 Å². The average Bonchev–Trinajstić information content (AvgIpc) is 2.72. The van der Waals surface area contributed by atoms with E-state index in [0.717, 1.165) is 29.4 Å². The zero-order valence-electron chi connectivity index (χ0n) is 20.2. The number of rotatable bonds is 7. The van der Waals surface area contributed by atoms with Crippen molar-refractivity contribution in [1.29, 1.82) is 5.26 Å². The lowest BCUT2D eigenvalue weighted by molar-refractivity contribution is -0.836. The summed E-state index contributed by atoms with van der Waals surface area (Å²) in [5.41, 5.74) is 2.57. The van der Waals surface area contributed by atoms with Crippen LogP contribution in [0.1, 0.15) is 47.1 Å². The molecule has 0 aliphatic rings. The number of nitrogens with zero attached hydrogens (tertiary/aromatic N) is 3. The zero-order chi connectivity index (χ0) is 23.4. The molecule has 2 aromatic rings. The highest BCUT2D eigenvalue weighted by molar-refractivity contribution is 6.01. The van der Waals surface area contributed by atoms with Crippen molar-refractivity contribution in [1.82, 2.24) is 0 Å². The fourth-order valence-corrected chi connectivity index (χ4v) is 3.40. The topological polar surface area (TPSA) is 53.3 Å². The number of hydrogen-bond donors (Lipinski definition) is 0. The van der Waals surface area contributed by atoms with Crippen molar-refractivity contribution in [2.24, 2.45) is 0 Å². The number of fused-ring (bicyclic) bond motifs is 1. The Balaban J connectivity index is 2.41. The maximum Gasteiger partial charge on any atom is 0.358 e. The number of anilines is 1. The number of quaternary nitrogens is 1. The van der Waals surface area contributed by atoms with Crippen LogP contribution in [0.2, 0.25) is 0 Å². The minimum Gasteiger partial charge on any atom is -0.372 e. The van der Waals surface area contributed by atoms with Gasteiger partial charge in [-0.25, -0.2) is 9.28 Å². The Labute approximate surface area is 187 Å². The second-order valence-corrected chi connectivity index (χ2v) is 9.41. The molecule has 0 bridgehead atoms. The van der Waals surface area contributed by atoms with Gasteiger partial charge in [-0.2, -0.15) is 5.26 Å². The van der Waals surface area contributed by atoms with E-state index in [1.165, 1.54) is 5.69 Å². The summed E-state index contributed by atoms with van der Waals surface area (Å²) in [6.45, 7) is 14.1. The maximum atomic E-state index is 13.2. The summed E-state index contributed by atoms with van der Waals surface area (Å²) >= 11 is 0. The van der Waals surface area contributed by atoms with Gasteiger partial charge in [-0.05, 0) is 81.7 Å². The van der Waals surface area contributed by atoms with Crippen LogP contribution in [0.5, 0.6) is 0 Å². The van der Waals surface area contributed by atoms with Crippen LogP contribution in [0.4, 0.5) is 5.69 Å². The second kappa shape index (κ2) is 9.64. The van der Waals surface area contributed by atoms with Crippen molar-refractivity contribution in [3.05, 3.63) is 47.5 Å². The number of nitriles is 1. The highest BCUT2D eigenvalue weighted by Gasteiger charge is 2.33. The fraction of sp³-hybridized carbons (Fsp3) is 0.462. The number of amides is 1. The van der Waals surface area contributed by atoms with Gasteiger partial charge in [0.2, 0.25) is 0 Å². The van der Waals surface area contributed by atoms with Crippen molar-refractivity contribution >= 4 is 27.9 Å². The molecular weight excluding hydrogens is 386 g/mol. The first-order valence-electron chi connectivity index (χ1n) is 10.9. The lowest BCUT2D eigenvalue weighted by Crippen LogP contribution is -2.49. The molecule has 0 N–H and O–H groups in total. The molecule has 0 radical (unpaired) electrons. The molecule has 31 heavy (non-hydrogen) atoms. The van der Waals surface area contributed by atoms with Crippen LogP contribution in [0.3, 0.4) is 0 Å². The third-order valence-electron chi connectivity index (χ3n) is 5.46. The Hall–Kier alpha value is -2.68. The van der Waals surface area contributed by atoms with Gasteiger partial charge in [-0.3, -0.25) is 0 Å². The second-order valence-electron chi connectivity index (χ2n) is 9.41. The highest BCUT2D eigenvalue weighted by atomic mass is 16.5. The summed E-state index contributed by atoms with van der Waals surface area (Å²) in [7, 11) is 3.54. The summed E-state index contributed by atoms with van der Waals surface area (Å²) < 4.78 is 5.77. The van der Waals surface area contributed by atoms with E-state index in [9.17, 15) is 10.1 Å². The first-order valence-corrected chi connectivity index (χ1v) is 10.9. The molecular formula is C26H36N3O2+. The van der Waals surface area contributed by atoms with Crippen molar-refractivity contribution in [2.75, 3.05) is 38.8 Å². The van der Waals surface area contributed by atoms with Gasteiger partial charge in [0, 0.05) is 18.8 Å². The molecule has 0 aliphatic carbocycles. The standard InChI is InChI=1S/C26H36N3O2/c1-9-28(10-2)23-14-13-21-15-20(11-12-22(21)16-23)19(3)24(17-27)25(30)29(7,8)18-31-26(4,5)6/h11-16H,9-10,18H2,1-8H3/q+1/b24-19+. The largest absolute Gasteiger partial charge is 0.372 e. The van der Waals surface area contributed by atoms with E-state index in [1.807, 2.05) is 39.8 Å². The van der Waals surface area contributed by atoms with E-state index < -0.39 is 0 Å². The van der Waals surface area contributed by atoms with Crippen LogP contribution in [-0.2, 0) is 9.53 Å². The number of ether oxygens (including phenoxy) is 1. The summed E-state index contributed by atoms with van der Waals surface area (Å²) in [5, 5.41) is 12.0. The van der Waals surface area contributed by atoms with Gasteiger partial charge in [0.1, 0.15) is 6.07 Å². The Morgan fingerprint density at radius 1 is 1.06 bits per heavy atom. The van der Waals surface area contributed by atoms with Gasteiger partial charge in [0.25, 0.3) is 0 Å². The average molecular weight is 423 g/mol. The first-order chi connectivity index (χ1) is 14.4. The van der Waals surface area contributed by atoms with Crippen LogP contribution in [-0.4, -0.2) is 49.9 Å². The molecule has 0 heterocycles. The van der Waals surface area contributed by atoms with Crippen LogP contribution in [0, 0.1) is 11.3 Å². The van der Waals surface area contributed by atoms with Gasteiger partial charge in [0.05, 0.1) is 19.7 Å². The molecule has 5 nitrogen and oxygen atoms in total.